The van der Waals surface area contributed by atoms with Crippen LogP contribution in [0.5, 0.6) is 5.75 Å². The maximum absolute atomic E-state index is 13.3. The molecule has 0 aromatic carbocycles. The lowest BCUT2D eigenvalue weighted by Crippen LogP contribution is -2.48. The predicted molar refractivity (Wildman–Crippen MR) is 102 cm³/mol. The standard InChI is InChI=1S/C19H25NO6Si/c1-20-14(21)9-13(25-3)16-17(20)19(23)15-11(18(16)22)7-10(8-12(15)24-2)26-27(4,5)6/h8-9,11-12,15H,7H2,1-6H3/t11-,12+,15-/m0/s1. The SMILES string of the molecule is COc1cc(=O)n(C)c2c1C(=O)[C@H]1CC(O[Si](C)(C)C)=C[C@@H](OC)[C@H]1C2=O. The largest absolute Gasteiger partial charge is 0.547 e. The number of rotatable bonds is 4. The summed E-state index contributed by atoms with van der Waals surface area (Å²) in [5.41, 5.74) is -0.126. The molecule has 0 spiro atoms. The Hall–Kier alpha value is -2.19. The Bertz CT molecular complexity index is 895. The zero-order valence-electron chi connectivity index (χ0n) is 16.5. The second kappa shape index (κ2) is 6.76. The number of ether oxygens (including phenoxy) is 2. The topological polar surface area (TPSA) is 83.8 Å². The fourth-order valence-corrected chi connectivity index (χ4v) is 4.84. The molecule has 3 atom stereocenters. The van der Waals surface area contributed by atoms with Crippen LogP contribution in [0.25, 0.3) is 0 Å². The molecule has 2 aliphatic carbocycles. The second-order valence-corrected chi connectivity index (χ2v) is 12.4. The van der Waals surface area contributed by atoms with Crippen molar-refractivity contribution in [3.8, 4) is 5.75 Å². The maximum atomic E-state index is 13.3. The van der Waals surface area contributed by atoms with Crippen molar-refractivity contribution < 1.29 is 23.5 Å². The van der Waals surface area contributed by atoms with E-state index in [0.717, 1.165) is 0 Å². The summed E-state index contributed by atoms with van der Waals surface area (Å²) in [5.74, 6) is -0.937. The van der Waals surface area contributed by atoms with Crippen LogP contribution in [-0.4, -0.2) is 44.8 Å². The molecule has 7 nitrogen and oxygen atoms in total. The van der Waals surface area contributed by atoms with Gasteiger partial charge in [0.25, 0.3) is 5.56 Å². The number of ketones is 2. The van der Waals surface area contributed by atoms with Crippen LogP contribution in [0.15, 0.2) is 22.7 Å². The van der Waals surface area contributed by atoms with E-state index in [1.54, 1.807) is 6.08 Å². The number of pyridine rings is 1. The van der Waals surface area contributed by atoms with E-state index in [1.165, 1.54) is 31.9 Å². The van der Waals surface area contributed by atoms with Gasteiger partial charge in [-0.2, -0.15) is 0 Å². The van der Waals surface area contributed by atoms with Gasteiger partial charge in [0, 0.05) is 32.6 Å². The van der Waals surface area contributed by atoms with Gasteiger partial charge in [-0.15, -0.1) is 0 Å². The van der Waals surface area contributed by atoms with Gasteiger partial charge >= 0.3 is 0 Å². The van der Waals surface area contributed by atoms with Gasteiger partial charge < -0.3 is 18.5 Å². The highest BCUT2D eigenvalue weighted by atomic mass is 28.4. The third-order valence-corrected chi connectivity index (χ3v) is 5.89. The minimum Gasteiger partial charge on any atom is -0.547 e. The first-order valence-corrected chi connectivity index (χ1v) is 12.3. The second-order valence-electron chi connectivity index (χ2n) is 7.95. The fourth-order valence-electron chi connectivity index (χ4n) is 3.91. The monoisotopic (exact) mass is 391 g/mol. The Labute approximate surface area is 159 Å². The van der Waals surface area contributed by atoms with E-state index < -0.39 is 31.8 Å². The fraction of sp³-hybridized carbons (Fsp3) is 0.526. The quantitative estimate of drug-likeness (QED) is 0.732. The first-order chi connectivity index (χ1) is 12.6. The van der Waals surface area contributed by atoms with Gasteiger partial charge in [0.2, 0.25) is 8.32 Å². The third-order valence-electron chi connectivity index (χ3n) is 5.01. The highest BCUT2D eigenvalue weighted by Gasteiger charge is 2.50. The van der Waals surface area contributed by atoms with Gasteiger partial charge in [-0.1, -0.05) is 0 Å². The van der Waals surface area contributed by atoms with Gasteiger partial charge in [-0.3, -0.25) is 14.4 Å². The van der Waals surface area contributed by atoms with E-state index in [0.29, 0.717) is 12.2 Å². The van der Waals surface area contributed by atoms with Crippen molar-refractivity contribution in [2.45, 2.75) is 32.2 Å². The van der Waals surface area contributed by atoms with Crippen molar-refractivity contribution in [1.29, 1.82) is 0 Å². The van der Waals surface area contributed by atoms with E-state index >= 15 is 0 Å². The zero-order chi connectivity index (χ0) is 20.1. The number of hydrogen-bond donors (Lipinski definition) is 0. The average molecular weight is 391 g/mol. The number of fused-ring (bicyclic) bond motifs is 2. The van der Waals surface area contributed by atoms with Gasteiger partial charge in [0.15, 0.2) is 11.6 Å². The Morgan fingerprint density at radius 3 is 2.33 bits per heavy atom. The molecular weight excluding hydrogens is 366 g/mol. The van der Waals surface area contributed by atoms with Crippen molar-refractivity contribution in [3.05, 3.63) is 39.5 Å². The summed E-state index contributed by atoms with van der Waals surface area (Å²) >= 11 is 0. The van der Waals surface area contributed by atoms with E-state index in [9.17, 15) is 14.4 Å². The molecule has 1 aromatic rings. The molecular formula is C19H25NO6Si. The van der Waals surface area contributed by atoms with Crippen molar-refractivity contribution in [2.75, 3.05) is 14.2 Å². The van der Waals surface area contributed by atoms with Crippen LogP contribution in [0, 0.1) is 11.8 Å². The van der Waals surface area contributed by atoms with Crippen LogP contribution in [0.2, 0.25) is 19.6 Å². The summed E-state index contributed by atoms with van der Waals surface area (Å²) in [6.45, 7) is 6.18. The Kier molecular flexibility index (Phi) is 4.90. The summed E-state index contributed by atoms with van der Waals surface area (Å²) in [4.78, 5) is 38.8. The minimum absolute atomic E-state index is 0.0932. The lowest BCUT2D eigenvalue weighted by Gasteiger charge is -2.39. The lowest BCUT2D eigenvalue weighted by atomic mass is 9.68. The molecule has 1 heterocycles. The number of nitrogens with zero attached hydrogens (tertiary/aromatic N) is 1. The molecule has 27 heavy (non-hydrogen) atoms. The number of aromatic nitrogens is 1. The molecule has 0 saturated carbocycles. The summed E-state index contributed by atoms with van der Waals surface area (Å²) in [6.07, 6.45) is 1.56. The molecule has 3 rings (SSSR count). The normalized spacial score (nSPS) is 24.8. The minimum atomic E-state index is -1.88. The van der Waals surface area contributed by atoms with Gasteiger partial charge in [-0.05, 0) is 25.7 Å². The Balaban J connectivity index is 2.15. The molecule has 0 saturated heterocycles. The van der Waals surface area contributed by atoms with Gasteiger partial charge in [0.05, 0.1) is 30.5 Å². The van der Waals surface area contributed by atoms with Gasteiger partial charge in [0.1, 0.15) is 11.4 Å². The molecule has 2 aliphatic rings. The summed E-state index contributed by atoms with van der Waals surface area (Å²) in [6, 6.07) is 1.25. The first kappa shape index (κ1) is 19.6. The summed E-state index contributed by atoms with van der Waals surface area (Å²) < 4.78 is 18.1. The average Bonchev–Trinajstić information content (AvgIpc) is 2.59. The molecule has 0 bridgehead atoms. The Morgan fingerprint density at radius 2 is 1.78 bits per heavy atom. The number of carbonyl (C=O) groups excluding carboxylic acids is 2. The molecule has 0 aliphatic heterocycles. The highest BCUT2D eigenvalue weighted by Crippen LogP contribution is 2.43. The zero-order valence-corrected chi connectivity index (χ0v) is 17.5. The van der Waals surface area contributed by atoms with E-state index in [1.807, 2.05) is 0 Å². The third kappa shape index (κ3) is 3.27. The van der Waals surface area contributed by atoms with Crippen LogP contribution in [0.4, 0.5) is 0 Å². The number of carbonyl (C=O) groups is 2. The predicted octanol–water partition coefficient (Wildman–Crippen LogP) is 2.16. The number of allylic oxidation sites excluding steroid dienone is 1. The van der Waals surface area contributed by atoms with Crippen LogP contribution >= 0.6 is 0 Å². The van der Waals surface area contributed by atoms with Crippen LogP contribution in [-0.2, 0) is 16.2 Å². The molecule has 146 valence electrons. The number of Topliss-reactive ketones (excluding diaryl/α,β-unsaturated/α-hetero) is 2. The number of methoxy groups -OCH3 is 2. The maximum Gasteiger partial charge on any atom is 0.254 e. The first-order valence-electron chi connectivity index (χ1n) is 8.88. The van der Waals surface area contributed by atoms with E-state index in [-0.39, 0.29) is 28.6 Å². The molecule has 0 amide bonds. The summed E-state index contributed by atoms with van der Waals surface area (Å²) in [5, 5.41) is 0. The van der Waals surface area contributed by atoms with E-state index in [4.69, 9.17) is 13.9 Å². The lowest BCUT2D eigenvalue weighted by molar-refractivity contribution is 0.0320. The van der Waals surface area contributed by atoms with Gasteiger partial charge in [-0.25, -0.2) is 0 Å². The smallest absolute Gasteiger partial charge is 0.254 e. The highest BCUT2D eigenvalue weighted by molar-refractivity contribution is 6.70. The molecule has 8 heteroatoms. The molecule has 0 fully saturated rings. The summed E-state index contributed by atoms with van der Waals surface area (Å²) in [7, 11) is 2.51. The van der Waals surface area contributed by atoms with Crippen molar-refractivity contribution in [1.82, 2.24) is 4.57 Å². The van der Waals surface area contributed by atoms with Crippen LogP contribution in [0.1, 0.15) is 27.3 Å². The Morgan fingerprint density at radius 1 is 1.11 bits per heavy atom. The van der Waals surface area contributed by atoms with E-state index in [2.05, 4.69) is 19.6 Å². The van der Waals surface area contributed by atoms with Crippen LogP contribution in [0.3, 0.4) is 0 Å². The molecule has 1 aromatic heterocycles. The molecule has 0 N–H and O–H groups in total. The number of hydrogen-bond acceptors (Lipinski definition) is 6. The molecule has 0 unspecified atom stereocenters. The van der Waals surface area contributed by atoms with Crippen molar-refractivity contribution in [3.63, 3.8) is 0 Å². The van der Waals surface area contributed by atoms with Crippen molar-refractivity contribution in [2.24, 2.45) is 18.9 Å². The van der Waals surface area contributed by atoms with Crippen molar-refractivity contribution >= 4 is 19.9 Å². The van der Waals surface area contributed by atoms with Crippen LogP contribution < -0.4 is 10.3 Å². The molecule has 0 radical (unpaired) electrons.